The fourth-order valence-electron chi connectivity index (χ4n) is 2.72. The molecule has 0 atom stereocenters. The number of hydrogen-bond donors (Lipinski definition) is 0. The van der Waals surface area contributed by atoms with E-state index in [1.54, 1.807) is 30.3 Å². The van der Waals surface area contributed by atoms with Gasteiger partial charge in [0.25, 0.3) is 0 Å². The van der Waals surface area contributed by atoms with E-state index in [2.05, 4.69) is 14.8 Å². The van der Waals surface area contributed by atoms with Crippen LogP contribution in [0.4, 0.5) is 17.6 Å². The van der Waals surface area contributed by atoms with Gasteiger partial charge in [0, 0.05) is 11.6 Å². The highest BCUT2D eigenvalue weighted by atomic mass is 19.4. The van der Waals surface area contributed by atoms with E-state index in [0.29, 0.717) is 16.9 Å². The SMILES string of the molecule is Fc1ccc(COc2ccc3ncc(-c4cccc(OC(F)(F)F)c4)n3n2)cc1. The fourth-order valence-corrected chi connectivity index (χ4v) is 2.72. The average molecular weight is 403 g/mol. The molecule has 0 N–H and O–H groups in total. The Hall–Kier alpha value is -3.62. The largest absolute Gasteiger partial charge is 0.573 e. The molecule has 0 aliphatic heterocycles. The van der Waals surface area contributed by atoms with Crippen LogP contribution in [-0.2, 0) is 6.61 Å². The minimum atomic E-state index is -4.78. The van der Waals surface area contributed by atoms with Crippen LogP contribution >= 0.6 is 0 Å². The summed E-state index contributed by atoms with van der Waals surface area (Å²) in [6.45, 7) is 0.178. The monoisotopic (exact) mass is 403 g/mol. The summed E-state index contributed by atoms with van der Waals surface area (Å²) in [5.74, 6) is -0.398. The van der Waals surface area contributed by atoms with Crippen LogP contribution in [0.15, 0.2) is 66.9 Å². The van der Waals surface area contributed by atoms with Crippen LogP contribution in [0.25, 0.3) is 16.9 Å². The Morgan fingerprint density at radius 2 is 1.76 bits per heavy atom. The van der Waals surface area contributed by atoms with Gasteiger partial charge in [-0.05, 0) is 35.9 Å². The zero-order valence-electron chi connectivity index (χ0n) is 14.7. The first-order chi connectivity index (χ1) is 13.9. The number of ether oxygens (including phenoxy) is 2. The first-order valence-electron chi connectivity index (χ1n) is 8.46. The Morgan fingerprint density at radius 3 is 2.52 bits per heavy atom. The molecule has 0 fully saturated rings. The second-order valence-electron chi connectivity index (χ2n) is 6.08. The van der Waals surface area contributed by atoms with Gasteiger partial charge >= 0.3 is 6.36 Å². The van der Waals surface area contributed by atoms with E-state index in [1.165, 1.54) is 41.0 Å². The van der Waals surface area contributed by atoms with Gasteiger partial charge in [-0.15, -0.1) is 18.3 Å². The summed E-state index contributed by atoms with van der Waals surface area (Å²) in [5.41, 5.74) is 2.18. The Morgan fingerprint density at radius 1 is 0.966 bits per heavy atom. The molecule has 0 saturated carbocycles. The van der Waals surface area contributed by atoms with E-state index >= 15 is 0 Å². The maximum absolute atomic E-state index is 13.0. The lowest BCUT2D eigenvalue weighted by molar-refractivity contribution is -0.274. The van der Waals surface area contributed by atoms with Crippen molar-refractivity contribution in [2.75, 3.05) is 0 Å². The van der Waals surface area contributed by atoms with Gasteiger partial charge in [-0.1, -0.05) is 24.3 Å². The van der Waals surface area contributed by atoms with Crippen LogP contribution in [0.3, 0.4) is 0 Å². The summed E-state index contributed by atoms with van der Waals surface area (Å²) in [6, 6.07) is 14.7. The number of halogens is 4. The molecule has 9 heteroatoms. The van der Waals surface area contributed by atoms with Crippen molar-refractivity contribution < 1.29 is 27.0 Å². The summed E-state index contributed by atoms with van der Waals surface area (Å²) < 4.78 is 61.5. The summed E-state index contributed by atoms with van der Waals surface area (Å²) in [7, 11) is 0. The number of benzene rings is 2. The summed E-state index contributed by atoms with van der Waals surface area (Å²) in [4.78, 5) is 4.21. The molecule has 2 heterocycles. The molecule has 5 nitrogen and oxygen atoms in total. The number of hydrogen-bond acceptors (Lipinski definition) is 4. The van der Waals surface area contributed by atoms with Crippen molar-refractivity contribution in [3.05, 3.63) is 78.2 Å². The van der Waals surface area contributed by atoms with Crippen molar-refractivity contribution >= 4 is 5.65 Å². The molecule has 0 aliphatic rings. The average Bonchev–Trinajstić information content (AvgIpc) is 3.10. The number of rotatable bonds is 5. The summed E-state index contributed by atoms with van der Waals surface area (Å²) >= 11 is 0. The van der Waals surface area contributed by atoms with Crippen LogP contribution < -0.4 is 9.47 Å². The molecule has 4 rings (SSSR count). The Labute approximate surface area is 162 Å². The van der Waals surface area contributed by atoms with E-state index in [0.717, 1.165) is 5.56 Å². The lowest BCUT2D eigenvalue weighted by Crippen LogP contribution is -2.17. The van der Waals surface area contributed by atoms with Crippen molar-refractivity contribution in [1.82, 2.24) is 14.6 Å². The molecule has 0 saturated heterocycles. The van der Waals surface area contributed by atoms with Crippen molar-refractivity contribution in [1.29, 1.82) is 0 Å². The van der Waals surface area contributed by atoms with E-state index in [9.17, 15) is 17.6 Å². The molecule has 4 aromatic rings. The van der Waals surface area contributed by atoms with Gasteiger partial charge in [-0.2, -0.15) is 0 Å². The van der Waals surface area contributed by atoms with E-state index in [-0.39, 0.29) is 24.1 Å². The number of fused-ring (bicyclic) bond motifs is 1. The maximum atomic E-state index is 13.0. The van der Waals surface area contributed by atoms with Crippen molar-refractivity contribution in [2.24, 2.45) is 0 Å². The Balaban J connectivity index is 1.60. The number of nitrogens with zero attached hydrogens (tertiary/aromatic N) is 3. The quantitative estimate of drug-likeness (QED) is 0.440. The van der Waals surface area contributed by atoms with Gasteiger partial charge in [0.1, 0.15) is 18.2 Å². The zero-order chi connectivity index (χ0) is 20.4. The highest BCUT2D eigenvalue weighted by molar-refractivity contribution is 5.64. The van der Waals surface area contributed by atoms with E-state index in [1.807, 2.05) is 0 Å². The van der Waals surface area contributed by atoms with Gasteiger partial charge in [-0.25, -0.2) is 13.9 Å². The minimum Gasteiger partial charge on any atom is -0.472 e. The molecule has 0 bridgehead atoms. The molecule has 2 aromatic carbocycles. The van der Waals surface area contributed by atoms with Crippen molar-refractivity contribution in [3.8, 4) is 22.9 Å². The predicted octanol–water partition coefficient (Wildman–Crippen LogP) is 5.01. The lowest BCUT2D eigenvalue weighted by atomic mass is 10.1. The normalized spacial score (nSPS) is 11.6. The Bertz CT molecular complexity index is 1140. The third kappa shape index (κ3) is 4.45. The predicted molar refractivity (Wildman–Crippen MR) is 95.8 cm³/mol. The number of imidazole rings is 1. The second kappa shape index (κ2) is 7.42. The van der Waals surface area contributed by atoms with Crippen molar-refractivity contribution in [3.63, 3.8) is 0 Å². The maximum Gasteiger partial charge on any atom is 0.573 e. The molecule has 0 aliphatic carbocycles. The summed E-state index contributed by atoms with van der Waals surface area (Å²) in [6.07, 6.45) is -3.28. The standard InChI is InChI=1S/C20H13F4N3O2/c21-15-6-4-13(5-7-15)12-28-19-9-8-18-25-11-17(27(18)26-19)14-2-1-3-16(10-14)29-20(22,23)24/h1-11H,12H2. The lowest BCUT2D eigenvalue weighted by Gasteiger charge is -2.10. The smallest absolute Gasteiger partial charge is 0.472 e. The molecule has 0 amide bonds. The van der Waals surface area contributed by atoms with E-state index < -0.39 is 6.36 Å². The number of alkyl halides is 3. The van der Waals surface area contributed by atoms with Crippen LogP contribution in [-0.4, -0.2) is 21.0 Å². The molecule has 2 aromatic heterocycles. The zero-order valence-corrected chi connectivity index (χ0v) is 14.7. The molecule has 0 radical (unpaired) electrons. The van der Waals surface area contributed by atoms with Gasteiger partial charge in [0.15, 0.2) is 5.65 Å². The van der Waals surface area contributed by atoms with Crippen molar-refractivity contribution in [2.45, 2.75) is 13.0 Å². The van der Waals surface area contributed by atoms with Crippen LogP contribution in [0.5, 0.6) is 11.6 Å². The first kappa shape index (κ1) is 18.7. The van der Waals surface area contributed by atoms with Gasteiger partial charge < -0.3 is 9.47 Å². The fraction of sp³-hybridized carbons (Fsp3) is 0.100. The highest BCUT2D eigenvalue weighted by Gasteiger charge is 2.31. The highest BCUT2D eigenvalue weighted by Crippen LogP contribution is 2.28. The molecule has 29 heavy (non-hydrogen) atoms. The molecular formula is C20H13F4N3O2. The van der Waals surface area contributed by atoms with Gasteiger partial charge in [0.05, 0.1) is 11.9 Å². The molecule has 0 spiro atoms. The summed E-state index contributed by atoms with van der Waals surface area (Å²) in [5, 5.41) is 4.34. The van der Waals surface area contributed by atoms with Crippen LogP contribution in [0.1, 0.15) is 5.56 Å². The second-order valence-corrected chi connectivity index (χ2v) is 6.08. The van der Waals surface area contributed by atoms with Crippen LogP contribution in [0, 0.1) is 5.82 Å². The first-order valence-corrected chi connectivity index (χ1v) is 8.46. The topological polar surface area (TPSA) is 48.7 Å². The molecular weight excluding hydrogens is 390 g/mol. The third-order valence-electron chi connectivity index (χ3n) is 4.00. The third-order valence-corrected chi connectivity index (χ3v) is 4.00. The van der Waals surface area contributed by atoms with Gasteiger partial charge in [0.2, 0.25) is 5.88 Å². The molecule has 0 unspecified atom stereocenters. The van der Waals surface area contributed by atoms with E-state index in [4.69, 9.17) is 4.74 Å². The number of aromatic nitrogens is 3. The minimum absolute atomic E-state index is 0.178. The van der Waals surface area contributed by atoms with Crippen LogP contribution in [0.2, 0.25) is 0 Å². The molecule has 148 valence electrons. The van der Waals surface area contributed by atoms with Gasteiger partial charge in [-0.3, -0.25) is 0 Å². The Kier molecular flexibility index (Phi) is 4.79.